The molecule has 0 spiro atoms. The molecule has 0 bridgehead atoms. The zero-order chi connectivity index (χ0) is 17.1. The van der Waals surface area contributed by atoms with E-state index in [1.54, 1.807) is 0 Å². The molecule has 4 unspecified atom stereocenters. The molecule has 0 radical (unpaired) electrons. The van der Waals surface area contributed by atoms with Crippen LogP contribution in [0.4, 0.5) is 4.79 Å². The minimum absolute atomic E-state index is 0.130. The second-order valence-electron chi connectivity index (χ2n) is 7.93. The number of ether oxygens (including phenoxy) is 2. The largest absolute Gasteiger partial charge is 0.444 e. The summed E-state index contributed by atoms with van der Waals surface area (Å²) in [5, 5.41) is 16.9. The summed E-state index contributed by atoms with van der Waals surface area (Å²) in [5.74, 6) is 0.378. The average molecular weight is 328 g/mol. The van der Waals surface area contributed by atoms with Crippen LogP contribution in [-0.4, -0.2) is 54.2 Å². The van der Waals surface area contributed by atoms with E-state index in [0.29, 0.717) is 38.1 Å². The maximum absolute atomic E-state index is 11.8. The van der Waals surface area contributed by atoms with E-state index >= 15 is 0 Å². The van der Waals surface area contributed by atoms with E-state index in [2.05, 4.69) is 10.6 Å². The predicted molar refractivity (Wildman–Crippen MR) is 88.3 cm³/mol. The number of hydrogen-bond donors (Lipinski definition) is 3. The first-order valence-electron chi connectivity index (χ1n) is 8.74. The number of alkyl carbamates (subject to hydrolysis) is 1. The standard InChI is InChI=1S/C17H32N2O4/c1-12-17(21,8-9-22-12)11-19-14-7-5-6-13(14)10-18-15(20)23-16(2,3)4/h12-14,19,21H,5-11H2,1-4H3,(H,18,20). The minimum Gasteiger partial charge on any atom is -0.444 e. The van der Waals surface area contributed by atoms with Gasteiger partial charge in [-0.1, -0.05) is 6.42 Å². The molecule has 0 aromatic carbocycles. The van der Waals surface area contributed by atoms with Gasteiger partial charge in [-0.3, -0.25) is 0 Å². The molecule has 4 atom stereocenters. The highest BCUT2D eigenvalue weighted by Crippen LogP contribution is 2.28. The van der Waals surface area contributed by atoms with Gasteiger partial charge in [-0.15, -0.1) is 0 Å². The van der Waals surface area contributed by atoms with E-state index in [0.717, 1.165) is 19.3 Å². The predicted octanol–water partition coefficient (Wildman–Crippen LogP) is 1.81. The zero-order valence-electron chi connectivity index (χ0n) is 14.9. The lowest BCUT2D eigenvalue weighted by Crippen LogP contribution is -2.50. The van der Waals surface area contributed by atoms with Gasteiger partial charge >= 0.3 is 6.09 Å². The van der Waals surface area contributed by atoms with Crippen molar-refractivity contribution in [1.82, 2.24) is 10.6 Å². The Morgan fingerprint density at radius 3 is 2.74 bits per heavy atom. The summed E-state index contributed by atoms with van der Waals surface area (Å²) in [5.41, 5.74) is -1.25. The highest BCUT2D eigenvalue weighted by Gasteiger charge is 2.40. The third kappa shape index (κ3) is 5.33. The molecule has 2 rings (SSSR count). The number of nitrogens with one attached hydrogen (secondary N) is 2. The van der Waals surface area contributed by atoms with Crippen LogP contribution in [0.2, 0.25) is 0 Å². The Morgan fingerprint density at radius 1 is 1.39 bits per heavy atom. The van der Waals surface area contributed by atoms with Crippen molar-refractivity contribution in [2.45, 2.75) is 76.7 Å². The van der Waals surface area contributed by atoms with Crippen LogP contribution in [0.1, 0.15) is 53.4 Å². The fraction of sp³-hybridized carbons (Fsp3) is 0.941. The first kappa shape index (κ1) is 18.5. The van der Waals surface area contributed by atoms with Crippen molar-refractivity contribution in [3.05, 3.63) is 0 Å². The molecule has 23 heavy (non-hydrogen) atoms. The molecule has 1 aliphatic carbocycles. The molecule has 0 aromatic rings. The average Bonchev–Trinajstić information content (AvgIpc) is 3.00. The van der Waals surface area contributed by atoms with Crippen LogP contribution in [0.15, 0.2) is 0 Å². The third-order valence-electron chi connectivity index (χ3n) is 4.90. The molecule has 1 aliphatic heterocycles. The van der Waals surface area contributed by atoms with Crippen molar-refractivity contribution in [1.29, 1.82) is 0 Å². The number of carbonyl (C=O) groups excluding carboxylic acids is 1. The first-order valence-corrected chi connectivity index (χ1v) is 8.74. The van der Waals surface area contributed by atoms with Crippen molar-refractivity contribution >= 4 is 6.09 Å². The van der Waals surface area contributed by atoms with Crippen LogP contribution in [0, 0.1) is 5.92 Å². The number of hydrogen-bond acceptors (Lipinski definition) is 5. The van der Waals surface area contributed by atoms with Crippen molar-refractivity contribution < 1.29 is 19.4 Å². The SMILES string of the molecule is CC1OCCC1(O)CNC1CCCC1CNC(=O)OC(C)(C)C. The van der Waals surface area contributed by atoms with E-state index in [9.17, 15) is 9.90 Å². The topological polar surface area (TPSA) is 79.8 Å². The molecule has 1 saturated carbocycles. The van der Waals surface area contributed by atoms with Crippen molar-refractivity contribution in [3.8, 4) is 0 Å². The molecule has 0 aromatic heterocycles. The quantitative estimate of drug-likeness (QED) is 0.717. The van der Waals surface area contributed by atoms with Gasteiger partial charge in [0.25, 0.3) is 0 Å². The Morgan fingerprint density at radius 2 is 2.13 bits per heavy atom. The minimum atomic E-state index is -0.772. The Bertz CT molecular complexity index is 410. The molecule has 2 aliphatic rings. The smallest absolute Gasteiger partial charge is 0.407 e. The molecule has 1 saturated heterocycles. The molecule has 2 fully saturated rings. The number of rotatable bonds is 5. The van der Waals surface area contributed by atoms with E-state index < -0.39 is 11.2 Å². The van der Waals surface area contributed by atoms with Crippen LogP contribution in [0.5, 0.6) is 0 Å². The van der Waals surface area contributed by atoms with Crippen molar-refractivity contribution in [2.75, 3.05) is 19.7 Å². The maximum atomic E-state index is 11.8. The summed E-state index contributed by atoms with van der Waals surface area (Å²) in [7, 11) is 0. The Balaban J connectivity index is 1.76. The zero-order valence-corrected chi connectivity index (χ0v) is 14.9. The second kappa shape index (κ2) is 7.36. The van der Waals surface area contributed by atoms with Crippen molar-refractivity contribution in [3.63, 3.8) is 0 Å². The third-order valence-corrected chi connectivity index (χ3v) is 4.90. The second-order valence-corrected chi connectivity index (χ2v) is 7.93. The molecule has 6 nitrogen and oxygen atoms in total. The van der Waals surface area contributed by atoms with Crippen molar-refractivity contribution in [2.24, 2.45) is 5.92 Å². The van der Waals surface area contributed by atoms with E-state index in [1.165, 1.54) is 0 Å². The fourth-order valence-electron chi connectivity index (χ4n) is 3.39. The van der Waals surface area contributed by atoms with E-state index in [4.69, 9.17) is 9.47 Å². The van der Waals surface area contributed by atoms with Gasteiger partial charge < -0.3 is 25.2 Å². The van der Waals surface area contributed by atoms with Crippen LogP contribution in [0.3, 0.4) is 0 Å². The van der Waals surface area contributed by atoms with Gasteiger partial charge in [0.15, 0.2) is 0 Å². The highest BCUT2D eigenvalue weighted by molar-refractivity contribution is 5.67. The normalized spacial score (nSPS) is 34.6. The van der Waals surface area contributed by atoms with Gasteiger partial charge in [-0.25, -0.2) is 4.79 Å². The summed E-state index contributed by atoms with van der Waals surface area (Å²) in [6.45, 7) is 9.27. The molecular weight excluding hydrogens is 296 g/mol. The van der Waals surface area contributed by atoms with E-state index in [-0.39, 0.29) is 12.2 Å². The van der Waals surface area contributed by atoms with Gasteiger partial charge in [0.1, 0.15) is 11.2 Å². The number of carbonyl (C=O) groups is 1. The molecule has 1 amide bonds. The van der Waals surface area contributed by atoms with Crippen LogP contribution in [0.25, 0.3) is 0 Å². The summed E-state index contributed by atoms with van der Waals surface area (Å²) in [6.07, 6.45) is 3.48. The van der Waals surface area contributed by atoms with Gasteiger partial charge in [0, 0.05) is 32.2 Å². The molecule has 1 heterocycles. The highest BCUT2D eigenvalue weighted by atomic mass is 16.6. The monoisotopic (exact) mass is 328 g/mol. The van der Waals surface area contributed by atoms with Crippen LogP contribution < -0.4 is 10.6 Å². The first-order chi connectivity index (χ1) is 10.7. The number of amides is 1. The molecule has 6 heteroatoms. The summed E-state index contributed by atoms with van der Waals surface area (Å²) < 4.78 is 10.7. The van der Waals surface area contributed by atoms with Crippen LogP contribution in [-0.2, 0) is 9.47 Å². The summed E-state index contributed by atoms with van der Waals surface area (Å²) >= 11 is 0. The Labute approximate surface area is 139 Å². The number of aliphatic hydroxyl groups is 1. The Kier molecular flexibility index (Phi) is 5.92. The van der Waals surface area contributed by atoms with E-state index in [1.807, 2.05) is 27.7 Å². The summed E-state index contributed by atoms with van der Waals surface area (Å²) in [6, 6.07) is 0.321. The lowest BCUT2D eigenvalue weighted by atomic mass is 9.95. The lowest BCUT2D eigenvalue weighted by molar-refractivity contribution is -0.0283. The summed E-state index contributed by atoms with van der Waals surface area (Å²) in [4.78, 5) is 11.8. The van der Waals surface area contributed by atoms with Gasteiger partial charge in [0.05, 0.1) is 6.10 Å². The molecular formula is C17H32N2O4. The Hall–Kier alpha value is -0.850. The molecule has 134 valence electrons. The lowest BCUT2D eigenvalue weighted by Gasteiger charge is -2.30. The fourth-order valence-corrected chi connectivity index (χ4v) is 3.39. The molecule has 3 N–H and O–H groups in total. The maximum Gasteiger partial charge on any atom is 0.407 e. The van der Waals surface area contributed by atoms with Gasteiger partial charge in [0.2, 0.25) is 0 Å². The van der Waals surface area contributed by atoms with Gasteiger partial charge in [-0.05, 0) is 46.5 Å². The van der Waals surface area contributed by atoms with Crippen LogP contribution >= 0.6 is 0 Å². The van der Waals surface area contributed by atoms with Gasteiger partial charge in [-0.2, -0.15) is 0 Å².